The maximum Gasteiger partial charge on any atom is 0.0653 e. The minimum Gasteiger partial charge on any atom is -0.302 e. The molecule has 70 valence electrons. The fourth-order valence-corrected chi connectivity index (χ4v) is 1.37. The Hall–Kier alpha value is -1.79. The molecule has 0 spiro atoms. The molecule has 0 unspecified atom stereocenters. The first-order valence-electron chi connectivity index (χ1n) is 4.46. The lowest BCUT2D eigenvalue weighted by atomic mass is 10.2. The van der Waals surface area contributed by atoms with Crippen molar-refractivity contribution in [2.75, 3.05) is 6.54 Å². The zero-order chi connectivity index (χ0) is 9.80. The summed E-state index contributed by atoms with van der Waals surface area (Å²) in [7, 11) is 0. The number of nitrogens with one attached hydrogen (secondary N) is 2. The second kappa shape index (κ2) is 3.95. The number of hydrogen-bond donors (Lipinski definition) is 2. The average molecular weight is 185 g/mol. The van der Waals surface area contributed by atoms with Crippen LogP contribution in [0, 0.1) is 12.3 Å². The minimum absolute atomic E-state index is 0.598. The molecule has 0 saturated carbocycles. The van der Waals surface area contributed by atoms with E-state index in [2.05, 4.69) is 33.6 Å². The highest BCUT2D eigenvalue weighted by Crippen LogP contribution is 2.12. The summed E-state index contributed by atoms with van der Waals surface area (Å²) in [6.07, 6.45) is 6.95. The van der Waals surface area contributed by atoms with Gasteiger partial charge >= 0.3 is 0 Å². The Morgan fingerprint density at radius 3 is 3.29 bits per heavy atom. The average Bonchev–Trinajstić information content (AvgIpc) is 2.65. The van der Waals surface area contributed by atoms with Gasteiger partial charge in [-0.1, -0.05) is 18.1 Å². The normalized spacial score (nSPS) is 10.2. The summed E-state index contributed by atoms with van der Waals surface area (Å²) in [4.78, 5) is 0. The fraction of sp³-hybridized carbons (Fsp3) is 0.182. The van der Waals surface area contributed by atoms with E-state index in [1.807, 2.05) is 12.3 Å². The number of terminal acetylenes is 1. The van der Waals surface area contributed by atoms with Gasteiger partial charge in [-0.15, -0.1) is 6.42 Å². The molecule has 1 aromatic carbocycles. The summed E-state index contributed by atoms with van der Waals surface area (Å²) < 4.78 is 0. The van der Waals surface area contributed by atoms with Gasteiger partial charge in [0.15, 0.2) is 0 Å². The summed E-state index contributed by atoms with van der Waals surface area (Å²) in [5, 5.41) is 11.2. The number of benzene rings is 1. The van der Waals surface area contributed by atoms with Crippen LogP contribution in [0.25, 0.3) is 10.9 Å². The lowest BCUT2D eigenvalue weighted by Crippen LogP contribution is -2.12. The van der Waals surface area contributed by atoms with E-state index < -0.39 is 0 Å². The van der Waals surface area contributed by atoms with Crippen LogP contribution in [0.2, 0.25) is 0 Å². The van der Waals surface area contributed by atoms with Crippen LogP contribution in [0.4, 0.5) is 0 Å². The Morgan fingerprint density at radius 1 is 1.50 bits per heavy atom. The Bertz CT molecular complexity index is 465. The van der Waals surface area contributed by atoms with Gasteiger partial charge in [0.2, 0.25) is 0 Å². The van der Waals surface area contributed by atoms with Gasteiger partial charge in [-0.25, -0.2) is 0 Å². The van der Waals surface area contributed by atoms with Crippen LogP contribution in [0.15, 0.2) is 24.4 Å². The lowest BCUT2D eigenvalue weighted by molar-refractivity contribution is 0.771. The smallest absolute Gasteiger partial charge is 0.0653 e. The highest BCUT2D eigenvalue weighted by molar-refractivity contribution is 5.78. The summed E-state index contributed by atoms with van der Waals surface area (Å²) in [6, 6.07) is 6.19. The molecule has 0 aliphatic heterocycles. The van der Waals surface area contributed by atoms with E-state index in [9.17, 15) is 0 Å². The second-order valence-electron chi connectivity index (χ2n) is 3.10. The molecule has 1 aromatic heterocycles. The van der Waals surface area contributed by atoms with Crippen molar-refractivity contribution in [3.63, 3.8) is 0 Å². The molecule has 0 aliphatic carbocycles. The van der Waals surface area contributed by atoms with Gasteiger partial charge in [-0.2, -0.15) is 5.10 Å². The van der Waals surface area contributed by atoms with Crippen molar-refractivity contribution in [1.29, 1.82) is 0 Å². The van der Waals surface area contributed by atoms with Gasteiger partial charge in [0.25, 0.3) is 0 Å². The Kier molecular flexibility index (Phi) is 2.48. The van der Waals surface area contributed by atoms with Gasteiger partial charge in [-0.3, -0.25) is 5.10 Å². The third kappa shape index (κ3) is 1.76. The monoisotopic (exact) mass is 185 g/mol. The highest BCUT2D eigenvalue weighted by Gasteiger charge is 1.96. The SMILES string of the molecule is C#CCNCc1ccc2cn[nH]c2c1. The van der Waals surface area contributed by atoms with Gasteiger partial charge < -0.3 is 5.32 Å². The first-order chi connectivity index (χ1) is 6.90. The standard InChI is InChI=1S/C11H11N3/c1-2-5-12-7-9-3-4-10-8-13-14-11(10)6-9/h1,3-4,6,8,12H,5,7H2,(H,13,14). The Morgan fingerprint density at radius 2 is 2.43 bits per heavy atom. The summed E-state index contributed by atoms with van der Waals surface area (Å²) in [5.41, 5.74) is 2.27. The van der Waals surface area contributed by atoms with Crippen LogP contribution in [0.1, 0.15) is 5.56 Å². The third-order valence-corrected chi connectivity index (χ3v) is 2.06. The maximum atomic E-state index is 5.14. The topological polar surface area (TPSA) is 40.7 Å². The van der Waals surface area contributed by atoms with E-state index in [0.717, 1.165) is 17.4 Å². The molecule has 0 fully saturated rings. The number of rotatable bonds is 3. The van der Waals surface area contributed by atoms with Crippen molar-refractivity contribution in [3.8, 4) is 12.3 Å². The van der Waals surface area contributed by atoms with E-state index in [1.54, 1.807) is 0 Å². The molecule has 0 bridgehead atoms. The molecule has 3 heteroatoms. The summed E-state index contributed by atoms with van der Waals surface area (Å²) >= 11 is 0. The van der Waals surface area contributed by atoms with Gasteiger partial charge in [0.05, 0.1) is 18.3 Å². The number of hydrogen-bond acceptors (Lipinski definition) is 2. The molecular formula is C11H11N3. The number of fused-ring (bicyclic) bond motifs is 1. The largest absolute Gasteiger partial charge is 0.302 e. The zero-order valence-electron chi connectivity index (χ0n) is 7.75. The van der Waals surface area contributed by atoms with Crippen LogP contribution in [-0.4, -0.2) is 16.7 Å². The predicted molar refractivity (Wildman–Crippen MR) is 56.6 cm³/mol. The van der Waals surface area contributed by atoms with E-state index in [0.29, 0.717) is 6.54 Å². The number of aromatic amines is 1. The molecule has 14 heavy (non-hydrogen) atoms. The summed E-state index contributed by atoms with van der Waals surface area (Å²) in [6.45, 7) is 1.39. The molecule has 2 N–H and O–H groups in total. The van der Waals surface area contributed by atoms with E-state index in [1.165, 1.54) is 5.56 Å². The number of H-pyrrole nitrogens is 1. The third-order valence-electron chi connectivity index (χ3n) is 2.06. The van der Waals surface area contributed by atoms with E-state index in [-0.39, 0.29) is 0 Å². The molecule has 1 heterocycles. The molecule has 3 nitrogen and oxygen atoms in total. The van der Waals surface area contributed by atoms with Gasteiger partial charge in [0.1, 0.15) is 0 Å². The van der Waals surface area contributed by atoms with E-state index >= 15 is 0 Å². The molecule has 2 rings (SSSR count). The van der Waals surface area contributed by atoms with Crippen molar-refractivity contribution in [2.45, 2.75) is 6.54 Å². The van der Waals surface area contributed by atoms with Crippen LogP contribution in [0.3, 0.4) is 0 Å². The lowest BCUT2D eigenvalue weighted by Gasteiger charge is -2.00. The van der Waals surface area contributed by atoms with Crippen LogP contribution in [-0.2, 0) is 6.54 Å². The first kappa shape index (κ1) is 8.79. The van der Waals surface area contributed by atoms with Crippen molar-refractivity contribution < 1.29 is 0 Å². The molecule has 0 atom stereocenters. The molecular weight excluding hydrogens is 174 g/mol. The maximum absolute atomic E-state index is 5.14. The van der Waals surface area contributed by atoms with Gasteiger partial charge in [-0.05, 0) is 11.6 Å². The van der Waals surface area contributed by atoms with E-state index in [4.69, 9.17) is 6.42 Å². The molecule has 0 amide bonds. The summed E-state index contributed by atoms with van der Waals surface area (Å²) in [5.74, 6) is 2.54. The van der Waals surface area contributed by atoms with Crippen LogP contribution in [0.5, 0.6) is 0 Å². The second-order valence-corrected chi connectivity index (χ2v) is 3.10. The van der Waals surface area contributed by atoms with Crippen LogP contribution < -0.4 is 5.32 Å². The number of aromatic nitrogens is 2. The Labute approximate surface area is 82.5 Å². The van der Waals surface area contributed by atoms with Crippen LogP contribution >= 0.6 is 0 Å². The van der Waals surface area contributed by atoms with Crippen molar-refractivity contribution in [2.24, 2.45) is 0 Å². The first-order valence-corrected chi connectivity index (χ1v) is 4.46. The Balaban J connectivity index is 2.14. The van der Waals surface area contributed by atoms with Crippen molar-refractivity contribution >= 4 is 10.9 Å². The minimum atomic E-state index is 0.598. The molecule has 0 radical (unpaired) electrons. The highest BCUT2D eigenvalue weighted by atomic mass is 15.1. The zero-order valence-corrected chi connectivity index (χ0v) is 7.75. The van der Waals surface area contributed by atoms with Crippen molar-refractivity contribution in [3.05, 3.63) is 30.0 Å². The van der Waals surface area contributed by atoms with Gasteiger partial charge in [0, 0.05) is 11.9 Å². The molecule has 2 aromatic rings. The van der Waals surface area contributed by atoms with Crippen molar-refractivity contribution in [1.82, 2.24) is 15.5 Å². The molecule has 0 aliphatic rings. The number of nitrogens with zero attached hydrogens (tertiary/aromatic N) is 1. The molecule has 0 saturated heterocycles. The predicted octanol–water partition coefficient (Wildman–Crippen LogP) is 1.29. The fourth-order valence-electron chi connectivity index (χ4n) is 1.37. The quantitative estimate of drug-likeness (QED) is 0.558.